The second-order valence-electron chi connectivity index (χ2n) is 5.28. The van der Waals surface area contributed by atoms with Crippen LogP contribution in [0.15, 0.2) is 23.3 Å². The molecule has 1 fully saturated rings. The topological polar surface area (TPSA) is 57.6 Å². The molecule has 0 spiro atoms. The lowest BCUT2D eigenvalue weighted by atomic mass is 9.92. The molecule has 2 aliphatic carbocycles. The number of rotatable bonds is 1. The maximum atomic E-state index is 12.3. The minimum atomic E-state index is -0.267. The number of imide groups is 1. The highest BCUT2D eigenvalue weighted by Gasteiger charge is 2.42. The van der Waals surface area contributed by atoms with Crippen molar-refractivity contribution in [3.05, 3.63) is 23.3 Å². The van der Waals surface area contributed by atoms with Crippen molar-refractivity contribution >= 4 is 11.8 Å². The number of hydrogen-bond acceptors (Lipinski definition) is 3. The van der Waals surface area contributed by atoms with Crippen molar-refractivity contribution in [1.82, 2.24) is 4.90 Å². The number of hydrogen-bond donors (Lipinski definition) is 1. The number of nitrogens with zero attached hydrogens (tertiary/aromatic N) is 1. The molecule has 1 aliphatic heterocycles. The molecule has 0 atom stereocenters. The number of carbonyl (C=O) groups excluding carboxylic acids is 2. The minimum Gasteiger partial charge on any atom is -0.393 e. The summed E-state index contributed by atoms with van der Waals surface area (Å²) >= 11 is 0. The van der Waals surface area contributed by atoms with Gasteiger partial charge in [0.05, 0.1) is 6.10 Å². The lowest BCUT2D eigenvalue weighted by Gasteiger charge is -2.31. The number of aliphatic hydroxyl groups excluding tert-OH is 1. The molecular weight excluding hydrogens is 254 g/mol. The SMILES string of the molecule is CC.O=C1C2=C(CCC=C2)C(=O)N1C1CCC(O)CC1. The third-order valence-electron chi connectivity index (χ3n) is 4.13. The van der Waals surface area contributed by atoms with Crippen LogP contribution in [0.2, 0.25) is 0 Å². The van der Waals surface area contributed by atoms with Gasteiger partial charge in [0.15, 0.2) is 0 Å². The summed E-state index contributed by atoms with van der Waals surface area (Å²) in [6.45, 7) is 4.00. The van der Waals surface area contributed by atoms with Crippen molar-refractivity contribution in [1.29, 1.82) is 0 Å². The van der Waals surface area contributed by atoms with Crippen molar-refractivity contribution in [2.75, 3.05) is 0 Å². The van der Waals surface area contributed by atoms with Gasteiger partial charge in [-0.15, -0.1) is 0 Å². The first kappa shape index (κ1) is 15.0. The van der Waals surface area contributed by atoms with Gasteiger partial charge in [-0.3, -0.25) is 14.5 Å². The van der Waals surface area contributed by atoms with E-state index in [0.717, 1.165) is 19.3 Å². The first-order chi connectivity index (χ1) is 9.68. The highest BCUT2D eigenvalue weighted by Crippen LogP contribution is 2.34. The van der Waals surface area contributed by atoms with Crippen LogP contribution in [0.1, 0.15) is 52.4 Å². The third-order valence-corrected chi connectivity index (χ3v) is 4.13. The monoisotopic (exact) mass is 277 g/mol. The Morgan fingerprint density at radius 1 is 1.10 bits per heavy atom. The smallest absolute Gasteiger partial charge is 0.261 e. The molecule has 1 saturated carbocycles. The fraction of sp³-hybridized carbons (Fsp3) is 0.625. The first-order valence-corrected chi connectivity index (χ1v) is 7.64. The van der Waals surface area contributed by atoms with E-state index in [-0.39, 0.29) is 24.0 Å². The Balaban J connectivity index is 0.000000704. The molecule has 4 nitrogen and oxygen atoms in total. The molecule has 0 bridgehead atoms. The van der Waals surface area contributed by atoms with Gasteiger partial charge in [-0.2, -0.15) is 0 Å². The van der Waals surface area contributed by atoms with E-state index in [1.54, 1.807) is 6.08 Å². The van der Waals surface area contributed by atoms with Crippen LogP contribution in [-0.4, -0.2) is 34.0 Å². The lowest BCUT2D eigenvalue weighted by Crippen LogP contribution is -2.43. The molecule has 1 N–H and O–H groups in total. The van der Waals surface area contributed by atoms with Crippen LogP contribution in [0, 0.1) is 0 Å². The van der Waals surface area contributed by atoms with E-state index >= 15 is 0 Å². The molecule has 4 heteroatoms. The summed E-state index contributed by atoms with van der Waals surface area (Å²) < 4.78 is 0. The molecule has 110 valence electrons. The van der Waals surface area contributed by atoms with Gasteiger partial charge in [0, 0.05) is 17.2 Å². The Kier molecular flexibility index (Phi) is 4.76. The molecule has 2 amide bonds. The maximum Gasteiger partial charge on any atom is 0.261 e. The quantitative estimate of drug-likeness (QED) is 0.748. The molecule has 0 aromatic carbocycles. The number of amides is 2. The van der Waals surface area contributed by atoms with Crippen LogP contribution >= 0.6 is 0 Å². The predicted molar refractivity (Wildman–Crippen MR) is 76.9 cm³/mol. The van der Waals surface area contributed by atoms with Gasteiger partial charge >= 0.3 is 0 Å². The average Bonchev–Trinajstić information content (AvgIpc) is 2.75. The lowest BCUT2D eigenvalue weighted by molar-refractivity contribution is -0.141. The number of aliphatic hydroxyl groups is 1. The van der Waals surface area contributed by atoms with Gasteiger partial charge in [-0.05, 0) is 38.5 Å². The Bertz CT molecular complexity index is 456. The van der Waals surface area contributed by atoms with E-state index in [9.17, 15) is 14.7 Å². The molecule has 0 aromatic rings. The van der Waals surface area contributed by atoms with Gasteiger partial charge in [-0.1, -0.05) is 26.0 Å². The molecule has 0 aromatic heterocycles. The largest absolute Gasteiger partial charge is 0.393 e. The predicted octanol–water partition coefficient (Wildman–Crippen LogP) is 2.33. The maximum absolute atomic E-state index is 12.3. The summed E-state index contributed by atoms with van der Waals surface area (Å²) in [6.07, 6.45) is 7.82. The zero-order valence-corrected chi connectivity index (χ0v) is 12.3. The zero-order valence-electron chi connectivity index (χ0n) is 12.3. The Hall–Kier alpha value is -1.42. The van der Waals surface area contributed by atoms with E-state index in [4.69, 9.17) is 0 Å². The summed E-state index contributed by atoms with van der Waals surface area (Å²) in [5.41, 5.74) is 1.28. The van der Waals surface area contributed by atoms with E-state index in [0.29, 0.717) is 30.4 Å². The summed E-state index contributed by atoms with van der Waals surface area (Å²) in [4.78, 5) is 26.0. The summed E-state index contributed by atoms with van der Waals surface area (Å²) in [6, 6.07) is -0.0209. The number of allylic oxidation sites excluding steroid dienone is 1. The molecule has 3 rings (SSSR count). The normalized spacial score (nSPS) is 29.2. The standard InChI is InChI=1S/C14H17NO3.C2H6/c16-10-7-5-9(6-8-10)15-13(17)11-3-1-2-4-12(11)14(15)18;1-2/h1,3,9-10,16H,2,4-8H2;1-2H3. The second-order valence-corrected chi connectivity index (χ2v) is 5.28. The molecular formula is C16H23NO3. The van der Waals surface area contributed by atoms with Gasteiger partial charge < -0.3 is 5.11 Å². The van der Waals surface area contributed by atoms with Crippen molar-refractivity contribution in [3.63, 3.8) is 0 Å². The van der Waals surface area contributed by atoms with Crippen molar-refractivity contribution in [3.8, 4) is 0 Å². The van der Waals surface area contributed by atoms with Crippen LogP contribution in [0.5, 0.6) is 0 Å². The molecule has 3 aliphatic rings. The Labute approximate surface area is 120 Å². The van der Waals surface area contributed by atoms with E-state index in [2.05, 4.69) is 0 Å². The highest BCUT2D eigenvalue weighted by molar-refractivity contribution is 6.21. The van der Waals surface area contributed by atoms with Crippen molar-refractivity contribution in [2.45, 2.75) is 64.5 Å². The van der Waals surface area contributed by atoms with E-state index in [1.807, 2.05) is 19.9 Å². The van der Waals surface area contributed by atoms with E-state index in [1.165, 1.54) is 4.90 Å². The van der Waals surface area contributed by atoms with E-state index < -0.39 is 0 Å². The fourth-order valence-electron chi connectivity index (χ4n) is 3.10. The van der Waals surface area contributed by atoms with Gasteiger partial charge in [0.1, 0.15) is 0 Å². The van der Waals surface area contributed by atoms with Crippen LogP contribution in [-0.2, 0) is 9.59 Å². The molecule has 1 heterocycles. The van der Waals surface area contributed by atoms with Gasteiger partial charge in [0.25, 0.3) is 11.8 Å². The minimum absolute atomic E-state index is 0.0209. The molecule has 0 radical (unpaired) electrons. The second kappa shape index (κ2) is 6.35. The summed E-state index contributed by atoms with van der Waals surface area (Å²) in [5, 5.41) is 9.50. The van der Waals surface area contributed by atoms with Crippen LogP contribution in [0.4, 0.5) is 0 Å². The average molecular weight is 277 g/mol. The van der Waals surface area contributed by atoms with Crippen LogP contribution in [0.3, 0.4) is 0 Å². The van der Waals surface area contributed by atoms with Gasteiger partial charge in [0.2, 0.25) is 0 Å². The molecule has 20 heavy (non-hydrogen) atoms. The van der Waals surface area contributed by atoms with Crippen LogP contribution < -0.4 is 0 Å². The fourth-order valence-corrected chi connectivity index (χ4v) is 3.10. The zero-order chi connectivity index (χ0) is 14.7. The van der Waals surface area contributed by atoms with Crippen LogP contribution in [0.25, 0.3) is 0 Å². The highest BCUT2D eigenvalue weighted by atomic mass is 16.3. The summed E-state index contributed by atoms with van der Waals surface area (Å²) in [7, 11) is 0. The number of carbonyl (C=O) groups is 2. The first-order valence-electron chi connectivity index (χ1n) is 7.64. The summed E-state index contributed by atoms with van der Waals surface area (Å²) in [5.74, 6) is -0.229. The Morgan fingerprint density at radius 2 is 1.75 bits per heavy atom. The molecule has 0 saturated heterocycles. The van der Waals surface area contributed by atoms with Crippen molar-refractivity contribution < 1.29 is 14.7 Å². The third kappa shape index (κ3) is 2.57. The van der Waals surface area contributed by atoms with Crippen molar-refractivity contribution in [2.24, 2.45) is 0 Å². The molecule has 0 unspecified atom stereocenters. The Morgan fingerprint density at radius 3 is 2.35 bits per heavy atom. The van der Waals surface area contributed by atoms with Gasteiger partial charge in [-0.25, -0.2) is 0 Å².